The fraction of sp³-hybridized carbons (Fsp3) is 0. The Morgan fingerprint density at radius 3 is 3.00 bits per heavy atom. The monoisotopic (exact) mass is 113 g/mol. The molecule has 4 heteroatoms. The summed E-state index contributed by atoms with van der Waals surface area (Å²) >= 11 is 0. The standard InChI is InChI=1S/C4H3NO3/c6-4(7)3-1-8-2-5-3/h1,5H,(H,6,7). The van der Waals surface area contributed by atoms with Crippen LogP contribution in [0.3, 0.4) is 0 Å². The molecule has 1 rings (SSSR count). The van der Waals surface area contributed by atoms with Crippen molar-refractivity contribution in [2.45, 2.75) is 0 Å². The van der Waals surface area contributed by atoms with Crippen molar-refractivity contribution in [3.05, 3.63) is 18.7 Å². The van der Waals surface area contributed by atoms with E-state index in [1.807, 2.05) is 0 Å². The summed E-state index contributed by atoms with van der Waals surface area (Å²) in [5, 5.41) is 10.4. The Balaban J connectivity index is 2.57. The van der Waals surface area contributed by atoms with Crippen LogP contribution in [0.1, 0.15) is 0 Å². The molecule has 0 atom stereocenters. The Morgan fingerprint density at radius 2 is 2.75 bits per heavy atom. The first-order chi connectivity index (χ1) is 3.80. The summed E-state index contributed by atoms with van der Waals surface area (Å²) in [6.07, 6.45) is 1.07. The highest BCUT2D eigenvalue weighted by molar-refractivity contribution is 5.85. The Kier molecular flexibility index (Phi) is 1.07. The van der Waals surface area contributed by atoms with E-state index in [4.69, 9.17) is 5.11 Å². The molecule has 4 nitrogen and oxygen atoms in total. The average Bonchev–Trinajstić information content (AvgIpc) is 2.12. The minimum atomic E-state index is -1.05. The minimum absolute atomic E-state index is 0.00463. The van der Waals surface area contributed by atoms with E-state index in [2.05, 4.69) is 16.8 Å². The number of carbonyl (C=O) groups is 1. The van der Waals surface area contributed by atoms with Gasteiger partial charge >= 0.3 is 12.7 Å². The number of nitrogens with one attached hydrogen (secondary N) is 1. The second kappa shape index (κ2) is 1.73. The molecular weight excluding hydrogens is 110 g/mol. The fourth-order valence-electron chi connectivity index (χ4n) is 0.306. The third kappa shape index (κ3) is 0.726. The summed E-state index contributed by atoms with van der Waals surface area (Å²) in [5.41, 5.74) is 0.00463. The number of aliphatic carboxylic acids is 1. The largest absolute Gasteiger partial charge is 0.476 e. The van der Waals surface area contributed by atoms with Crippen molar-refractivity contribution in [3.8, 4) is 0 Å². The van der Waals surface area contributed by atoms with Gasteiger partial charge in [0.05, 0.1) is 0 Å². The van der Waals surface area contributed by atoms with Crippen molar-refractivity contribution < 1.29 is 14.6 Å². The topological polar surface area (TPSA) is 58.6 Å². The highest BCUT2D eigenvalue weighted by Gasteiger charge is 2.12. The van der Waals surface area contributed by atoms with Gasteiger partial charge < -0.3 is 15.2 Å². The van der Waals surface area contributed by atoms with Gasteiger partial charge in [0.15, 0.2) is 5.70 Å². The number of rotatable bonds is 1. The Hall–Kier alpha value is -1.19. The number of ether oxygens (including phenoxy) is 1. The summed E-state index contributed by atoms with van der Waals surface area (Å²) < 4.78 is 4.31. The summed E-state index contributed by atoms with van der Waals surface area (Å²) in [5.74, 6) is -1.05. The molecule has 0 aromatic heterocycles. The quantitative estimate of drug-likeness (QED) is 0.482. The molecular formula is C4H3NO3. The molecule has 1 heterocycles. The maximum atomic E-state index is 9.95. The lowest BCUT2D eigenvalue weighted by Gasteiger charge is -1.87. The van der Waals surface area contributed by atoms with E-state index in [1.54, 1.807) is 0 Å². The second-order valence-electron chi connectivity index (χ2n) is 1.18. The van der Waals surface area contributed by atoms with Gasteiger partial charge in [0.1, 0.15) is 6.26 Å². The number of carboxylic acid groups (broad SMARTS) is 1. The van der Waals surface area contributed by atoms with E-state index in [0.717, 1.165) is 6.26 Å². The van der Waals surface area contributed by atoms with Crippen molar-refractivity contribution in [1.29, 1.82) is 0 Å². The summed E-state index contributed by atoms with van der Waals surface area (Å²) in [6.45, 7) is 2.13. The molecule has 0 fully saturated rings. The third-order valence-electron chi connectivity index (χ3n) is 0.652. The molecule has 2 N–H and O–H groups in total. The van der Waals surface area contributed by atoms with E-state index in [0.29, 0.717) is 0 Å². The van der Waals surface area contributed by atoms with E-state index in [1.165, 1.54) is 0 Å². The van der Waals surface area contributed by atoms with Crippen molar-refractivity contribution in [3.63, 3.8) is 0 Å². The van der Waals surface area contributed by atoms with Crippen LogP contribution in [0.15, 0.2) is 12.0 Å². The second-order valence-corrected chi connectivity index (χ2v) is 1.18. The molecule has 1 aliphatic heterocycles. The lowest BCUT2D eigenvalue weighted by atomic mass is 10.5. The van der Waals surface area contributed by atoms with E-state index < -0.39 is 5.97 Å². The molecule has 2 radical (unpaired) electrons. The molecule has 0 bridgehead atoms. The molecule has 0 saturated carbocycles. The Morgan fingerprint density at radius 1 is 2.00 bits per heavy atom. The van der Waals surface area contributed by atoms with Crippen LogP contribution in [0.25, 0.3) is 0 Å². The fourth-order valence-corrected chi connectivity index (χ4v) is 0.306. The predicted molar refractivity (Wildman–Crippen MR) is 23.2 cm³/mol. The van der Waals surface area contributed by atoms with Crippen LogP contribution in [0, 0.1) is 6.73 Å². The van der Waals surface area contributed by atoms with Gasteiger partial charge in [0.2, 0.25) is 0 Å². The number of carboxylic acids is 1. The van der Waals surface area contributed by atoms with Gasteiger partial charge in [-0.1, -0.05) is 0 Å². The van der Waals surface area contributed by atoms with Gasteiger partial charge in [-0.25, -0.2) is 4.79 Å². The normalized spacial score (nSPS) is 16.2. The third-order valence-corrected chi connectivity index (χ3v) is 0.652. The van der Waals surface area contributed by atoms with E-state index in [9.17, 15) is 4.79 Å². The summed E-state index contributed by atoms with van der Waals surface area (Å²) in [6, 6.07) is 0. The van der Waals surface area contributed by atoms with Gasteiger partial charge in [-0.15, -0.1) is 0 Å². The molecule has 8 heavy (non-hydrogen) atoms. The van der Waals surface area contributed by atoms with Crippen molar-refractivity contribution in [2.75, 3.05) is 0 Å². The van der Waals surface area contributed by atoms with Gasteiger partial charge in [-0.2, -0.15) is 0 Å². The molecule has 0 unspecified atom stereocenters. The Bertz CT molecular complexity index is 140. The SMILES string of the molecule is O=C(O)C1=CO[C]N1. The van der Waals surface area contributed by atoms with Crippen molar-refractivity contribution >= 4 is 5.97 Å². The zero-order valence-corrected chi connectivity index (χ0v) is 3.84. The van der Waals surface area contributed by atoms with E-state index >= 15 is 0 Å². The zero-order chi connectivity index (χ0) is 5.98. The van der Waals surface area contributed by atoms with Gasteiger partial charge in [-0.3, -0.25) is 0 Å². The van der Waals surface area contributed by atoms with Crippen molar-refractivity contribution in [2.24, 2.45) is 0 Å². The highest BCUT2D eigenvalue weighted by Crippen LogP contribution is 1.99. The first-order valence-electron chi connectivity index (χ1n) is 1.91. The molecule has 0 aliphatic carbocycles. The highest BCUT2D eigenvalue weighted by atomic mass is 16.5. The average molecular weight is 113 g/mol. The zero-order valence-electron chi connectivity index (χ0n) is 3.84. The first-order valence-corrected chi connectivity index (χ1v) is 1.91. The molecule has 0 amide bonds. The first kappa shape index (κ1) is 4.96. The number of hydrogen-bond acceptors (Lipinski definition) is 3. The smallest absolute Gasteiger partial charge is 0.355 e. The predicted octanol–water partition coefficient (Wildman–Crippen LogP) is -0.472. The number of hydrogen-bond donors (Lipinski definition) is 2. The van der Waals surface area contributed by atoms with Crippen LogP contribution < -0.4 is 5.32 Å². The Labute approximate surface area is 45.8 Å². The van der Waals surface area contributed by atoms with Crippen LogP contribution >= 0.6 is 0 Å². The van der Waals surface area contributed by atoms with Gasteiger partial charge in [-0.05, 0) is 0 Å². The maximum absolute atomic E-state index is 9.95. The van der Waals surface area contributed by atoms with Crippen LogP contribution in [0.2, 0.25) is 0 Å². The molecule has 0 saturated heterocycles. The molecule has 0 spiro atoms. The summed E-state index contributed by atoms with van der Waals surface area (Å²) in [4.78, 5) is 9.95. The lowest BCUT2D eigenvalue weighted by molar-refractivity contribution is -0.132. The molecule has 0 aromatic carbocycles. The van der Waals surface area contributed by atoms with Crippen LogP contribution in [0.4, 0.5) is 0 Å². The lowest BCUT2D eigenvalue weighted by Crippen LogP contribution is -2.11. The van der Waals surface area contributed by atoms with Gasteiger partial charge in [0.25, 0.3) is 0 Å². The minimum Gasteiger partial charge on any atom is -0.476 e. The van der Waals surface area contributed by atoms with Crippen molar-refractivity contribution in [1.82, 2.24) is 5.32 Å². The molecule has 42 valence electrons. The van der Waals surface area contributed by atoms with Crippen LogP contribution in [-0.4, -0.2) is 11.1 Å². The molecule has 0 aromatic rings. The molecule has 1 aliphatic rings. The summed E-state index contributed by atoms with van der Waals surface area (Å²) in [7, 11) is 0. The van der Waals surface area contributed by atoms with Crippen LogP contribution in [-0.2, 0) is 9.53 Å². The maximum Gasteiger partial charge on any atom is 0.355 e. The van der Waals surface area contributed by atoms with E-state index in [-0.39, 0.29) is 5.70 Å². The van der Waals surface area contributed by atoms with Crippen LogP contribution in [0.5, 0.6) is 0 Å². The van der Waals surface area contributed by atoms with Gasteiger partial charge in [0, 0.05) is 0 Å².